The molecule has 2 rings (SSSR count). The van der Waals surface area contributed by atoms with E-state index in [1.807, 2.05) is 0 Å². The lowest BCUT2D eigenvalue weighted by atomic mass is 10.0. The summed E-state index contributed by atoms with van der Waals surface area (Å²) < 4.78 is 41.1. The molecule has 8 heteroatoms. The van der Waals surface area contributed by atoms with E-state index in [9.17, 15) is 17.6 Å². The topological polar surface area (TPSA) is 83.5 Å². The van der Waals surface area contributed by atoms with E-state index >= 15 is 0 Å². The van der Waals surface area contributed by atoms with Crippen molar-refractivity contribution in [2.24, 2.45) is 5.92 Å². The number of aliphatic carboxylic acids is 1. The van der Waals surface area contributed by atoms with Crippen molar-refractivity contribution in [3.8, 4) is 0 Å². The number of halogens is 2. The zero-order chi connectivity index (χ0) is 16.5. The van der Waals surface area contributed by atoms with Crippen molar-refractivity contribution >= 4 is 27.6 Å². The van der Waals surface area contributed by atoms with Crippen LogP contribution in [0.4, 0.5) is 4.39 Å². The fraction of sp³-hybridized carbons (Fsp3) is 0.500. The monoisotopic (exact) mass is 349 g/mol. The third-order valence-corrected chi connectivity index (χ3v) is 5.74. The Hall–Kier alpha value is -1.18. The van der Waals surface area contributed by atoms with E-state index in [1.54, 1.807) is 13.0 Å². The van der Waals surface area contributed by atoms with Crippen LogP contribution in [-0.2, 0) is 14.8 Å². The summed E-state index contributed by atoms with van der Waals surface area (Å²) in [7, 11) is -3.94. The molecule has 1 aromatic rings. The summed E-state index contributed by atoms with van der Waals surface area (Å²) in [5, 5.41) is 8.96. The molecule has 0 saturated heterocycles. The van der Waals surface area contributed by atoms with Gasteiger partial charge in [-0.1, -0.05) is 17.7 Å². The third kappa shape index (κ3) is 3.77. The summed E-state index contributed by atoms with van der Waals surface area (Å²) in [6, 6.07) is 4.47. The molecule has 0 unspecified atom stereocenters. The molecule has 2 atom stereocenters. The van der Waals surface area contributed by atoms with Gasteiger partial charge in [0.05, 0.1) is 10.9 Å². The lowest BCUT2D eigenvalue weighted by molar-refractivity contribution is -0.141. The van der Waals surface area contributed by atoms with Gasteiger partial charge < -0.3 is 5.11 Å². The minimum atomic E-state index is -3.94. The lowest BCUT2D eigenvalue weighted by Crippen LogP contribution is -2.38. The Labute approximate surface area is 133 Å². The van der Waals surface area contributed by atoms with Crippen LogP contribution in [0.25, 0.3) is 0 Å². The molecule has 122 valence electrons. The highest BCUT2D eigenvalue weighted by Crippen LogP contribution is 2.37. The number of aryl methyl sites for hydroxylation is 1. The molecule has 1 saturated carbocycles. The molecule has 1 aromatic carbocycles. The van der Waals surface area contributed by atoms with Crippen molar-refractivity contribution in [1.82, 2.24) is 4.72 Å². The molecule has 5 nitrogen and oxygen atoms in total. The van der Waals surface area contributed by atoms with Crippen molar-refractivity contribution in [2.45, 2.75) is 36.8 Å². The number of carbonyl (C=O) groups is 1. The van der Waals surface area contributed by atoms with Gasteiger partial charge in [0, 0.05) is 6.54 Å². The van der Waals surface area contributed by atoms with Gasteiger partial charge in [-0.2, -0.15) is 0 Å². The quantitative estimate of drug-likeness (QED) is 0.855. The minimum absolute atomic E-state index is 0.0219. The Bertz CT molecular complexity index is 694. The number of carboxylic acid groups (broad SMARTS) is 1. The van der Waals surface area contributed by atoms with Crippen LogP contribution in [0.1, 0.15) is 24.8 Å². The van der Waals surface area contributed by atoms with Gasteiger partial charge in [-0.15, -0.1) is 0 Å². The highest BCUT2D eigenvalue weighted by molar-refractivity contribution is 7.89. The van der Waals surface area contributed by atoms with Gasteiger partial charge in [0.2, 0.25) is 10.0 Å². The maximum Gasteiger partial charge on any atom is 0.306 e. The van der Waals surface area contributed by atoms with Gasteiger partial charge in [-0.3, -0.25) is 4.79 Å². The van der Waals surface area contributed by atoms with E-state index in [1.165, 1.54) is 12.1 Å². The molecule has 0 aliphatic heterocycles. The van der Waals surface area contributed by atoms with Crippen molar-refractivity contribution in [2.75, 3.05) is 6.54 Å². The Kier molecular flexibility index (Phi) is 4.79. The summed E-state index contributed by atoms with van der Waals surface area (Å²) in [6.07, 6.45) is 0.0411. The number of carboxylic acids is 1. The number of nitrogens with one attached hydrogen (secondary N) is 1. The number of alkyl halides is 1. The Morgan fingerprint density at radius 3 is 2.77 bits per heavy atom. The van der Waals surface area contributed by atoms with Crippen LogP contribution in [-0.4, -0.2) is 31.7 Å². The average molecular weight is 350 g/mol. The van der Waals surface area contributed by atoms with E-state index in [2.05, 4.69) is 4.72 Å². The van der Waals surface area contributed by atoms with Crippen molar-refractivity contribution < 1.29 is 22.7 Å². The third-order valence-electron chi connectivity index (χ3n) is 3.86. The van der Waals surface area contributed by atoms with Gasteiger partial charge in [0.15, 0.2) is 0 Å². The number of rotatable bonds is 5. The molecule has 0 spiro atoms. The van der Waals surface area contributed by atoms with Crippen LogP contribution in [0.5, 0.6) is 0 Å². The molecule has 1 fully saturated rings. The predicted molar refractivity (Wildman–Crippen MR) is 80.2 cm³/mol. The van der Waals surface area contributed by atoms with Crippen molar-refractivity contribution in [3.63, 3.8) is 0 Å². The summed E-state index contributed by atoms with van der Waals surface area (Å²) in [5.74, 6) is -1.82. The van der Waals surface area contributed by atoms with Crippen molar-refractivity contribution in [1.29, 1.82) is 0 Å². The normalized spacial score (nSPS) is 25.3. The van der Waals surface area contributed by atoms with Crippen LogP contribution in [0, 0.1) is 12.8 Å². The molecule has 22 heavy (non-hydrogen) atoms. The number of hydrogen-bond acceptors (Lipinski definition) is 3. The SMILES string of the molecule is Cc1ccc(S(=O)(=O)NC[C@@]2(F)CC[C@H](C(=O)O)C2)c(Cl)c1. The molecule has 0 bridgehead atoms. The maximum atomic E-state index is 14.5. The fourth-order valence-electron chi connectivity index (χ4n) is 2.58. The molecule has 0 aromatic heterocycles. The molecule has 1 aliphatic carbocycles. The average Bonchev–Trinajstić information content (AvgIpc) is 2.80. The van der Waals surface area contributed by atoms with Gasteiger partial charge in [0.1, 0.15) is 10.6 Å². The van der Waals surface area contributed by atoms with Crippen LogP contribution in [0.2, 0.25) is 5.02 Å². The first-order valence-corrected chi connectivity index (χ1v) is 8.67. The largest absolute Gasteiger partial charge is 0.481 e. The first-order chi connectivity index (χ1) is 10.1. The first-order valence-electron chi connectivity index (χ1n) is 6.80. The van der Waals surface area contributed by atoms with E-state index in [0.29, 0.717) is 0 Å². The van der Waals surface area contributed by atoms with Crippen LogP contribution >= 0.6 is 11.6 Å². The van der Waals surface area contributed by atoms with Gasteiger partial charge in [-0.25, -0.2) is 17.5 Å². The first kappa shape index (κ1) is 17.2. The fourth-order valence-corrected chi connectivity index (χ4v) is 4.28. The Morgan fingerprint density at radius 1 is 1.55 bits per heavy atom. The standard InChI is InChI=1S/C14H17ClFNO4S/c1-9-2-3-12(11(15)6-9)22(20,21)17-8-14(16)5-4-10(7-14)13(18)19/h2-3,6,10,17H,4-5,7-8H2,1H3,(H,18,19)/t10-,14+/m0/s1. The molecule has 0 radical (unpaired) electrons. The molecule has 2 N–H and O–H groups in total. The highest BCUT2D eigenvalue weighted by Gasteiger charge is 2.43. The lowest BCUT2D eigenvalue weighted by Gasteiger charge is -2.20. The summed E-state index contributed by atoms with van der Waals surface area (Å²) in [5.41, 5.74) is -1.03. The summed E-state index contributed by atoms with van der Waals surface area (Å²) in [6.45, 7) is 1.32. The van der Waals surface area contributed by atoms with Gasteiger partial charge in [0.25, 0.3) is 0 Å². The highest BCUT2D eigenvalue weighted by atomic mass is 35.5. The Balaban J connectivity index is 2.09. The van der Waals surface area contributed by atoms with Crippen molar-refractivity contribution in [3.05, 3.63) is 28.8 Å². The minimum Gasteiger partial charge on any atom is -0.481 e. The van der Waals surface area contributed by atoms with Gasteiger partial charge >= 0.3 is 5.97 Å². The second-order valence-corrected chi connectivity index (χ2v) is 7.83. The summed E-state index contributed by atoms with van der Waals surface area (Å²) in [4.78, 5) is 10.8. The van der Waals surface area contributed by atoms with Crippen LogP contribution in [0.3, 0.4) is 0 Å². The van der Waals surface area contributed by atoms with E-state index < -0.39 is 34.1 Å². The number of benzene rings is 1. The maximum absolute atomic E-state index is 14.5. The Morgan fingerprint density at radius 2 is 2.23 bits per heavy atom. The molecular formula is C14H17ClFNO4S. The molecular weight excluding hydrogens is 333 g/mol. The second kappa shape index (κ2) is 6.14. The van der Waals surface area contributed by atoms with Crippen LogP contribution < -0.4 is 4.72 Å². The van der Waals surface area contributed by atoms with Crippen LogP contribution in [0.15, 0.2) is 23.1 Å². The summed E-state index contributed by atoms with van der Waals surface area (Å²) >= 11 is 5.92. The second-order valence-electron chi connectivity index (χ2n) is 5.69. The number of sulfonamides is 1. The smallest absolute Gasteiger partial charge is 0.306 e. The molecule has 0 amide bonds. The van der Waals surface area contributed by atoms with E-state index in [0.717, 1.165) is 5.56 Å². The zero-order valence-electron chi connectivity index (χ0n) is 12.0. The van der Waals surface area contributed by atoms with E-state index in [4.69, 9.17) is 16.7 Å². The predicted octanol–water partition coefficient (Wildman–Crippen LogP) is 2.52. The van der Waals surface area contributed by atoms with E-state index in [-0.39, 0.29) is 29.2 Å². The zero-order valence-corrected chi connectivity index (χ0v) is 13.5. The molecule has 0 heterocycles. The molecule has 1 aliphatic rings. The van der Waals surface area contributed by atoms with Gasteiger partial charge in [-0.05, 0) is 43.9 Å². The number of hydrogen-bond donors (Lipinski definition) is 2.